The average Bonchev–Trinajstić information content (AvgIpc) is 2.93. The van der Waals surface area contributed by atoms with E-state index in [1.165, 1.54) is 10.7 Å². The summed E-state index contributed by atoms with van der Waals surface area (Å²) in [6.45, 7) is 2.52. The first-order valence-electron chi connectivity index (χ1n) is 14.0. The number of anilines is 1. The van der Waals surface area contributed by atoms with E-state index in [1.807, 2.05) is 37.3 Å². The fraction of sp³-hybridized carbons (Fsp3) is 0.533. The standard InChI is InChI=1S/C30H43N3O5S/c1-4-28(30(35)31-25-14-9-6-10-15-25)32(23-21-24-12-7-5-8-13-24)29(34)16-11-22-33(39(3,36)37)26-17-19-27(38-2)20-18-26/h5,7-8,12-13,17-20,25,28H,4,6,9-11,14-16,21-23H2,1-3H3,(H,31,35)/t28-/m0/s1. The Labute approximate surface area is 233 Å². The van der Waals surface area contributed by atoms with Gasteiger partial charge in [-0.3, -0.25) is 13.9 Å². The van der Waals surface area contributed by atoms with Crippen molar-refractivity contribution >= 4 is 27.5 Å². The molecule has 1 fully saturated rings. The molecule has 3 rings (SSSR count). The lowest BCUT2D eigenvalue weighted by Gasteiger charge is -2.33. The lowest BCUT2D eigenvalue weighted by molar-refractivity contribution is -0.141. The van der Waals surface area contributed by atoms with Gasteiger partial charge in [-0.2, -0.15) is 0 Å². The quantitative estimate of drug-likeness (QED) is 0.368. The molecule has 0 heterocycles. The number of ether oxygens (including phenoxy) is 1. The van der Waals surface area contributed by atoms with Gasteiger partial charge in [-0.15, -0.1) is 0 Å². The molecule has 2 amide bonds. The first-order valence-corrected chi connectivity index (χ1v) is 15.8. The Bertz CT molecular complexity index is 1150. The van der Waals surface area contributed by atoms with Crippen molar-refractivity contribution in [3.05, 3.63) is 60.2 Å². The number of carbonyl (C=O) groups excluding carboxylic acids is 2. The van der Waals surface area contributed by atoms with Crippen LogP contribution < -0.4 is 14.4 Å². The van der Waals surface area contributed by atoms with Gasteiger partial charge < -0.3 is 15.0 Å². The molecule has 9 heteroatoms. The second-order valence-corrected chi connectivity index (χ2v) is 12.1. The summed E-state index contributed by atoms with van der Waals surface area (Å²) in [7, 11) is -2.00. The predicted octanol–water partition coefficient (Wildman–Crippen LogP) is 4.54. The fourth-order valence-corrected chi connectivity index (χ4v) is 6.16. The van der Waals surface area contributed by atoms with E-state index in [9.17, 15) is 18.0 Å². The van der Waals surface area contributed by atoms with Crippen molar-refractivity contribution < 1.29 is 22.7 Å². The first-order chi connectivity index (χ1) is 18.7. The molecule has 1 aliphatic rings. The van der Waals surface area contributed by atoms with Gasteiger partial charge in [0.1, 0.15) is 11.8 Å². The third-order valence-electron chi connectivity index (χ3n) is 7.33. The Morgan fingerprint density at radius 3 is 2.26 bits per heavy atom. The summed E-state index contributed by atoms with van der Waals surface area (Å²) in [5.41, 5.74) is 1.62. The predicted molar refractivity (Wildman–Crippen MR) is 155 cm³/mol. The third kappa shape index (κ3) is 9.27. The van der Waals surface area contributed by atoms with E-state index >= 15 is 0 Å². The molecule has 39 heavy (non-hydrogen) atoms. The lowest BCUT2D eigenvalue weighted by atomic mass is 9.95. The zero-order valence-corrected chi connectivity index (χ0v) is 24.3. The van der Waals surface area contributed by atoms with E-state index in [0.717, 1.165) is 37.5 Å². The van der Waals surface area contributed by atoms with E-state index in [-0.39, 0.29) is 30.8 Å². The zero-order valence-electron chi connectivity index (χ0n) is 23.5. The molecule has 0 unspecified atom stereocenters. The first kappa shape index (κ1) is 30.5. The van der Waals surface area contributed by atoms with Crippen LogP contribution in [0.1, 0.15) is 63.9 Å². The Morgan fingerprint density at radius 1 is 1.00 bits per heavy atom. The number of nitrogens with one attached hydrogen (secondary N) is 1. The van der Waals surface area contributed by atoms with Crippen LogP contribution in [0.5, 0.6) is 5.75 Å². The highest BCUT2D eigenvalue weighted by Crippen LogP contribution is 2.23. The molecule has 1 saturated carbocycles. The van der Waals surface area contributed by atoms with Gasteiger partial charge in [-0.05, 0) is 61.9 Å². The summed E-state index contributed by atoms with van der Waals surface area (Å²) >= 11 is 0. The smallest absolute Gasteiger partial charge is 0.243 e. The summed E-state index contributed by atoms with van der Waals surface area (Å²) in [5.74, 6) is 0.398. The van der Waals surface area contributed by atoms with Crippen molar-refractivity contribution in [1.82, 2.24) is 10.2 Å². The van der Waals surface area contributed by atoms with Crippen molar-refractivity contribution in [3.63, 3.8) is 0 Å². The van der Waals surface area contributed by atoms with Crippen LogP contribution in [0.15, 0.2) is 54.6 Å². The van der Waals surface area contributed by atoms with Crippen molar-refractivity contribution in [3.8, 4) is 5.75 Å². The molecule has 0 spiro atoms. The van der Waals surface area contributed by atoms with Gasteiger partial charge >= 0.3 is 0 Å². The highest BCUT2D eigenvalue weighted by molar-refractivity contribution is 7.92. The average molecular weight is 558 g/mol. The number of nitrogens with zero attached hydrogens (tertiary/aromatic N) is 2. The molecule has 1 aliphatic carbocycles. The molecular formula is C30H43N3O5S. The van der Waals surface area contributed by atoms with Crippen LogP contribution in [0.25, 0.3) is 0 Å². The molecule has 214 valence electrons. The summed E-state index contributed by atoms with van der Waals surface area (Å²) in [6.07, 6.45) is 8.18. The molecule has 0 saturated heterocycles. The van der Waals surface area contributed by atoms with Crippen molar-refractivity contribution in [2.24, 2.45) is 0 Å². The molecule has 0 bridgehead atoms. The maximum Gasteiger partial charge on any atom is 0.243 e. The number of methoxy groups -OCH3 is 1. The maximum atomic E-state index is 13.6. The van der Waals surface area contributed by atoms with Crippen LogP contribution in [-0.4, -0.2) is 63.7 Å². The SMILES string of the molecule is CC[C@@H](C(=O)NC1CCCCC1)N(CCc1ccccc1)C(=O)CCCN(c1ccc(OC)cc1)S(C)(=O)=O. The molecular weight excluding hydrogens is 514 g/mol. The topological polar surface area (TPSA) is 96.0 Å². The Morgan fingerprint density at radius 2 is 1.67 bits per heavy atom. The van der Waals surface area contributed by atoms with Crippen LogP contribution >= 0.6 is 0 Å². The van der Waals surface area contributed by atoms with Gasteiger partial charge in [0.2, 0.25) is 21.8 Å². The second kappa shape index (κ2) is 14.9. The van der Waals surface area contributed by atoms with Crippen LogP contribution in [0.2, 0.25) is 0 Å². The minimum absolute atomic E-state index is 0.0955. The summed E-state index contributed by atoms with van der Waals surface area (Å²) in [4.78, 5) is 28.6. The normalized spacial score (nSPS) is 14.8. The molecule has 2 aromatic rings. The van der Waals surface area contributed by atoms with E-state index in [4.69, 9.17) is 4.74 Å². The number of rotatable bonds is 14. The number of carbonyl (C=O) groups is 2. The molecule has 1 N–H and O–H groups in total. The fourth-order valence-electron chi connectivity index (χ4n) is 5.19. The largest absolute Gasteiger partial charge is 0.497 e. The zero-order chi connectivity index (χ0) is 28.3. The monoisotopic (exact) mass is 557 g/mol. The van der Waals surface area contributed by atoms with Gasteiger partial charge in [-0.1, -0.05) is 56.5 Å². The molecule has 1 atom stereocenters. The summed E-state index contributed by atoms with van der Waals surface area (Å²) < 4.78 is 31.6. The van der Waals surface area contributed by atoms with Gasteiger partial charge in [0.25, 0.3) is 0 Å². The number of hydrogen-bond donors (Lipinski definition) is 1. The number of sulfonamides is 1. The van der Waals surface area contributed by atoms with Gasteiger partial charge in [0.05, 0.1) is 19.1 Å². The van der Waals surface area contributed by atoms with Crippen LogP contribution in [0.3, 0.4) is 0 Å². The van der Waals surface area contributed by atoms with E-state index in [0.29, 0.717) is 37.2 Å². The third-order valence-corrected chi connectivity index (χ3v) is 8.53. The van der Waals surface area contributed by atoms with Crippen LogP contribution in [0, 0.1) is 0 Å². The van der Waals surface area contributed by atoms with Crippen molar-refractivity contribution in [2.45, 2.75) is 76.8 Å². The highest BCUT2D eigenvalue weighted by atomic mass is 32.2. The van der Waals surface area contributed by atoms with Crippen LogP contribution in [-0.2, 0) is 26.0 Å². The number of amides is 2. The van der Waals surface area contributed by atoms with E-state index < -0.39 is 16.1 Å². The molecule has 2 aromatic carbocycles. The van der Waals surface area contributed by atoms with Crippen LogP contribution in [0.4, 0.5) is 5.69 Å². The molecule has 0 aromatic heterocycles. The molecule has 0 aliphatic heterocycles. The maximum absolute atomic E-state index is 13.6. The van der Waals surface area contributed by atoms with Crippen molar-refractivity contribution in [2.75, 3.05) is 30.8 Å². The molecule has 0 radical (unpaired) electrons. The van der Waals surface area contributed by atoms with Crippen molar-refractivity contribution in [1.29, 1.82) is 0 Å². The van der Waals surface area contributed by atoms with E-state index in [2.05, 4.69) is 5.32 Å². The van der Waals surface area contributed by atoms with Gasteiger partial charge in [0, 0.05) is 25.6 Å². The summed E-state index contributed by atoms with van der Waals surface area (Å²) in [6, 6.07) is 16.3. The minimum Gasteiger partial charge on any atom is -0.497 e. The highest BCUT2D eigenvalue weighted by Gasteiger charge is 2.30. The Kier molecular flexibility index (Phi) is 11.7. The second-order valence-electron chi connectivity index (χ2n) is 10.2. The van der Waals surface area contributed by atoms with Gasteiger partial charge in [0.15, 0.2) is 0 Å². The Hall–Kier alpha value is -3.07. The number of benzene rings is 2. The summed E-state index contributed by atoms with van der Waals surface area (Å²) in [5, 5.41) is 3.20. The Balaban J connectivity index is 1.70. The number of hydrogen-bond acceptors (Lipinski definition) is 5. The molecule has 8 nitrogen and oxygen atoms in total. The minimum atomic E-state index is -3.55. The van der Waals surface area contributed by atoms with Gasteiger partial charge in [-0.25, -0.2) is 8.42 Å². The lowest BCUT2D eigenvalue weighted by Crippen LogP contribution is -2.52. The van der Waals surface area contributed by atoms with E-state index in [1.54, 1.807) is 36.3 Å².